The first-order chi connectivity index (χ1) is 8.25. The Bertz CT molecular complexity index is 592. The van der Waals surface area contributed by atoms with Crippen molar-refractivity contribution in [2.45, 2.75) is 18.9 Å². The topological polar surface area (TPSA) is 49.3 Å². The van der Waals surface area contributed by atoms with Gasteiger partial charge < -0.3 is 10.4 Å². The highest BCUT2D eigenvalue weighted by Crippen LogP contribution is 2.32. The molecule has 2 aromatic rings. The zero-order valence-electron chi connectivity index (χ0n) is 9.31. The van der Waals surface area contributed by atoms with Crippen LogP contribution in [0.1, 0.15) is 12.0 Å². The normalized spacial score (nSPS) is 18.5. The Kier molecular flexibility index (Phi) is 2.25. The van der Waals surface area contributed by atoms with Gasteiger partial charge in [-0.15, -0.1) is 0 Å². The largest absolute Gasteiger partial charge is 0.480 e. The molecule has 0 aromatic heterocycles. The lowest BCUT2D eigenvalue weighted by molar-refractivity contribution is -0.138. The first-order valence-electron chi connectivity index (χ1n) is 5.75. The Morgan fingerprint density at radius 2 is 2.06 bits per heavy atom. The minimum absolute atomic E-state index is 0.465. The second-order valence-corrected chi connectivity index (χ2v) is 4.39. The molecule has 2 aromatic carbocycles. The Morgan fingerprint density at radius 3 is 2.88 bits per heavy atom. The van der Waals surface area contributed by atoms with Crippen molar-refractivity contribution in [3.63, 3.8) is 0 Å². The lowest BCUT2D eigenvalue weighted by Crippen LogP contribution is -2.33. The Balaban J connectivity index is 2.15. The number of fused-ring (bicyclic) bond motifs is 3. The minimum Gasteiger partial charge on any atom is -0.480 e. The Labute approximate surface area is 99.1 Å². The number of carbonyl (C=O) groups is 1. The molecule has 1 aliphatic heterocycles. The molecule has 3 heteroatoms. The van der Waals surface area contributed by atoms with Crippen LogP contribution in [0, 0.1) is 0 Å². The summed E-state index contributed by atoms with van der Waals surface area (Å²) < 4.78 is 0. The quantitative estimate of drug-likeness (QED) is 0.787. The van der Waals surface area contributed by atoms with Crippen LogP contribution >= 0.6 is 0 Å². The van der Waals surface area contributed by atoms with Crippen molar-refractivity contribution in [1.29, 1.82) is 0 Å². The van der Waals surface area contributed by atoms with Crippen LogP contribution in [0.4, 0.5) is 5.69 Å². The molecule has 0 saturated heterocycles. The van der Waals surface area contributed by atoms with Crippen LogP contribution in [0.3, 0.4) is 0 Å². The number of hydrogen-bond donors (Lipinski definition) is 2. The average Bonchev–Trinajstić information content (AvgIpc) is 2.38. The fraction of sp³-hybridized carbons (Fsp3) is 0.214. The van der Waals surface area contributed by atoms with E-state index in [1.54, 1.807) is 0 Å². The molecule has 0 fully saturated rings. The maximum Gasteiger partial charge on any atom is 0.326 e. The van der Waals surface area contributed by atoms with Crippen molar-refractivity contribution < 1.29 is 9.90 Å². The van der Waals surface area contributed by atoms with Gasteiger partial charge in [-0.3, -0.25) is 0 Å². The molecule has 1 aliphatic rings. The molecule has 2 N–H and O–H groups in total. The van der Waals surface area contributed by atoms with Crippen molar-refractivity contribution in [3.8, 4) is 0 Å². The minimum atomic E-state index is -0.774. The number of aryl methyl sites for hydroxylation is 1. The molecular formula is C14H13NO2. The second-order valence-electron chi connectivity index (χ2n) is 4.39. The van der Waals surface area contributed by atoms with Crippen LogP contribution in [0.5, 0.6) is 0 Å². The monoisotopic (exact) mass is 227 g/mol. The third-order valence-electron chi connectivity index (χ3n) is 3.33. The van der Waals surface area contributed by atoms with Gasteiger partial charge in [0.2, 0.25) is 0 Å². The summed E-state index contributed by atoms with van der Waals surface area (Å²) in [5.41, 5.74) is 2.20. The van der Waals surface area contributed by atoms with E-state index >= 15 is 0 Å². The molecule has 0 amide bonds. The maximum atomic E-state index is 11.0. The van der Waals surface area contributed by atoms with Crippen LogP contribution in [0.2, 0.25) is 0 Å². The number of benzene rings is 2. The number of hydrogen-bond acceptors (Lipinski definition) is 2. The predicted molar refractivity (Wildman–Crippen MR) is 67.3 cm³/mol. The summed E-state index contributed by atoms with van der Waals surface area (Å²) in [6.07, 6.45) is 1.48. The van der Waals surface area contributed by atoms with Gasteiger partial charge in [0.05, 0.1) is 0 Å². The first-order valence-corrected chi connectivity index (χ1v) is 5.75. The maximum absolute atomic E-state index is 11.0. The summed E-state index contributed by atoms with van der Waals surface area (Å²) in [7, 11) is 0. The zero-order chi connectivity index (χ0) is 11.8. The van der Waals surface area contributed by atoms with Crippen molar-refractivity contribution in [2.24, 2.45) is 0 Å². The third kappa shape index (κ3) is 1.64. The molecule has 0 bridgehead atoms. The fourth-order valence-corrected chi connectivity index (χ4v) is 2.43. The van der Waals surface area contributed by atoms with Gasteiger partial charge in [-0.2, -0.15) is 0 Å². The predicted octanol–water partition coefficient (Wildman–Crippen LogP) is 2.65. The van der Waals surface area contributed by atoms with Gasteiger partial charge >= 0.3 is 5.97 Å². The molecule has 3 nitrogen and oxygen atoms in total. The fourth-order valence-electron chi connectivity index (χ4n) is 2.43. The number of anilines is 1. The van der Waals surface area contributed by atoms with Crippen LogP contribution < -0.4 is 5.32 Å². The van der Waals surface area contributed by atoms with E-state index in [0.717, 1.165) is 22.9 Å². The second kappa shape index (κ2) is 3.77. The van der Waals surface area contributed by atoms with E-state index in [0.29, 0.717) is 6.42 Å². The summed E-state index contributed by atoms with van der Waals surface area (Å²) in [5, 5.41) is 14.5. The van der Waals surface area contributed by atoms with Crippen LogP contribution in [0.15, 0.2) is 36.4 Å². The van der Waals surface area contributed by atoms with Crippen LogP contribution in [-0.4, -0.2) is 17.1 Å². The summed E-state index contributed by atoms with van der Waals surface area (Å²) in [6, 6.07) is 11.8. The van der Waals surface area contributed by atoms with E-state index in [9.17, 15) is 4.79 Å². The summed E-state index contributed by atoms with van der Waals surface area (Å²) in [6.45, 7) is 0. The molecule has 1 heterocycles. The number of rotatable bonds is 1. The lowest BCUT2D eigenvalue weighted by atomic mass is 9.94. The smallest absolute Gasteiger partial charge is 0.326 e. The van der Waals surface area contributed by atoms with Crippen molar-refractivity contribution >= 4 is 22.4 Å². The van der Waals surface area contributed by atoms with E-state index in [2.05, 4.69) is 17.4 Å². The zero-order valence-corrected chi connectivity index (χ0v) is 9.31. The highest BCUT2D eigenvalue weighted by molar-refractivity contribution is 5.97. The van der Waals surface area contributed by atoms with Gasteiger partial charge in [0.25, 0.3) is 0 Å². The van der Waals surface area contributed by atoms with Crippen molar-refractivity contribution in [2.75, 3.05) is 5.32 Å². The van der Waals surface area contributed by atoms with Crippen LogP contribution in [-0.2, 0) is 11.2 Å². The molecule has 1 unspecified atom stereocenters. The van der Waals surface area contributed by atoms with E-state index in [1.807, 2.05) is 24.3 Å². The standard InChI is InChI=1S/C14H13NO2/c16-14(17)12-8-7-10-6-5-9-3-1-2-4-11(9)13(10)15-12/h1-6,12,15H,7-8H2,(H,16,17). The number of carboxylic acid groups (broad SMARTS) is 1. The lowest BCUT2D eigenvalue weighted by Gasteiger charge is -2.25. The molecule has 3 rings (SSSR count). The summed E-state index contributed by atoms with van der Waals surface area (Å²) >= 11 is 0. The molecule has 0 aliphatic carbocycles. The molecule has 17 heavy (non-hydrogen) atoms. The Hall–Kier alpha value is -2.03. The van der Waals surface area contributed by atoms with Crippen molar-refractivity contribution in [3.05, 3.63) is 42.0 Å². The van der Waals surface area contributed by atoms with E-state index in [-0.39, 0.29) is 0 Å². The van der Waals surface area contributed by atoms with Crippen LogP contribution in [0.25, 0.3) is 10.8 Å². The van der Waals surface area contributed by atoms with E-state index in [4.69, 9.17) is 5.11 Å². The highest BCUT2D eigenvalue weighted by Gasteiger charge is 2.24. The van der Waals surface area contributed by atoms with E-state index < -0.39 is 12.0 Å². The van der Waals surface area contributed by atoms with E-state index in [1.165, 1.54) is 5.56 Å². The molecule has 0 radical (unpaired) electrons. The van der Waals surface area contributed by atoms with Crippen molar-refractivity contribution in [1.82, 2.24) is 0 Å². The molecule has 86 valence electrons. The Morgan fingerprint density at radius 1 is 1.24 bits per heavy atom. The third-order valence-corrected chi connectivity index (χ3v) is 3.33. The van der Waals surface area contributed by atoms with Gasteiger partial charge in [-0.1, -0.05) is 36.4 Å². The molecular weight excluding hydrogens is 214 g/mol. The van der Waals surface area contributed by atoms with Gasteiger partial charge in [0.1, 0.15) is 6.04 Å². The van der Waals surface area contributed by atoms with Gasteiger partial charge in [0.15, 0.2) is 0 Å². The van der Waals surface area contributed by atoms with Gasteiger partial charge in [-0.05, 0) is 23.8 Å². The van der Waals surface area contributed by atoms with Gasteiger partial charge in [-0.25, -0.2) is 4.79 Å². The molecule has 1 atom stereocenters. The first kappa shape index (κ1) is 10.1. The average molecular weight is 227 g/mol. The molecule has 0 saturated carbocycles. The van der Waals surface area contributed by atoms with Gasteiger partial charge in [0, 0.05) is 11.1 Å². The summed E-state index contributed by atoms with van der Waals surface area (Å²) in [5.74, 6) is -0.774. The number of carboxylic acids is 1. The SMILES string of the molecule is O=C(O)C1CCc2ccc3ccccc3c2N1. The summed E-state index contributed by atoms with van der Waals surface area (Å²) in [4.78, 5) is 11.0. The molecule has 0 spiro atoms. The highest BCUT2D eigenvalue weighted by atomic mass is 16.4. The number of aliphatic carboxylic acids is 1. The number of nitrogens with one attached hydrogen (secondary N) is 1.